The fourth-order valence-corrected chi connectivity index (χ4v) is 4.78. The molecule has 0 N–H and O–H groups in total. The van der Waals surface area contributed by atoms with E-state index >= 15 is 0 Å². The molecule has 2 saturated heterocycles. The van der Waals surface area contributed by atoms with E-state index in [0.29, 0.717) is 57.3 Å². The number of rotatable bonds is 5. The number of aryl methyl sites for hydroxylation is 1. The van der Waals surface area contributed by atoms with Crippen molar-refractivity contribution in [3.8, 4) is 0 Å². The van der Waals surface area contributed by atoms with Crippen LogP contribution in [0, 0.1) is 5.92 Å². The Morgan fingerprint density at radius 2 is 1.85 bits per heavy atom. The Labute approximate surface area is 161 Å². The monoisotopic (exact) mass is 399 g/mol. The SMILES string of the molecule is CN(C)S(=O)(=O)N1CCC(Cc2nn(C)cc2C(=O)N2CCOCC2)CC1. The van der Waals surface area contributed by atoms with Crippen LogP contribution >= 0.6 is 0 Å². The van der Waals surface area contributed by atoms with E-state index in [1.54, 1.807) is 25.0 Å². The summed E-state index contributed by atoms with van der Waals surface area (Å²) in [5, 5.41) is 4.51. The summed E-state index contributed by atoms with van der Waals surface area (Å²) in [5.41, 5.74) is 1.46. The zero-order valence-electron chi connectivity index (χ0n) is 16.3. The number of hydrogen-bond donors (Lipinski definition) is 0. The quantitative estimate of drug-likeness (QED) is 0.693. The molecule has 2 fully saturated rings. The van der Waals surface area contributed by atoms with Crippen molar-refractivity contribution in [2.75, 3.05) is 53.5 Å². The number of hydrogen-bond acceptors (Lipinski definition) is 5. The first kappa shape index (κ1) is 20.2. The minimum atomic E-state index is -3.35. The summed E-state index contributed by atoms with van der Waals surface area (Å²) in [7, 11) is 1.58. The molecule has 0 bridgehead atoms. The minimum Gasteiger partial charge on any atom is -0.378 e. The van der Waals surface area contributed by atoms with E-state index < -0.39 is 10.2 Å². The molecule has 1 aromatic rings. The molecule has 0 aliphatic carbocycles. The van der Waals surface area contributed by atoms with Gasteiger partial charge < -0.3 is 9.64 Å². The number of carbonyl (C=O) groups is 1. The van der Waals surface area contributed by atoms with Gasteiger partial charge in [0.25, 0.3) is 16.1 Å². The van der Waals surface area contributed by atoms with Crippen molar-refractivity contribution < 1.29 is 17.9 Å². The Balaban J connectivity index is 1.64. The van der Waals surface area contributed by atoms with Crippen LogP contribution in [0.5, 0.6) is 0 Å². The molecule has 3 rings (SSSR count). The fraction of sp³-hybridized carbons (Fsp3) is 0.765. The largest absolute Gasteiger partial charge is 0.378 e. The van der Waals surface area contributed by atoms with Gasteiger partial charge in [0.1, 0.15) is 0 Å². The molecule has 0 saturated carbocycles. The Bertz CT molecular complexity index is 762. The number of aromatic nitrogens is 2. The normalized spacial score (nSPS) is 20.4. The van der Waals surface area contributed by atoms with Crippen LogP contribution in [0.2, 0.25) is 0 Å². The lowest BCUT2D eigenvalue weighted by Gasteiger charge is -2.32. The van der Waals surface area contributed by atoms with Crippen molar-refractivity contribution in [1.29, 1.82) is 0 Å². The van der Waals surface area contributed by atoms with Crippen molar-refractivity contribution in [3.05, 3.63) is 17.5 Å². The molecule has 0 unspecified atom stereocenters. The summed E-state index contributed by atoms with van der Waals surface area (Å²) < 4.78 is 34.3. The third kappa shape index (κ3) is 4.50. The number of ether oxygens (including phenoxy) is 1. The minimum absolute atomic E-state index is 0.00835. The maximum absolute atomic E-state index is 12.9. The molecule has 0 spiro atoms. The second-order valence-electron chi connectivity index (χ2n) is 7.40. The maximum atomic E-state index is 12.9. The van der Waals surface area contributed by atoms with Crippen LogP contribution in [0.25, 0.3) is 0 Å². The fourth-order valence-electron chi connectivity index (χ4n) is 3.65. The van der Waals surface area contributed by atoms with E-state index in [0.717, 1.165) is 18.5 Å². The first-order valence-electron chi connectivity index (χ1n) is 9.36. The maximum Gasteiger partial charge on any atom is 0.281 e. The van der Waals surface area contributed by atoms with Crippen molar-refractivity contribution in [1.82, 2.24) is 23.3 Å². The van der Waals surface area contributed by atoms with Gasteiger partial charge in [0.15, 0.2) is 0 Å². The van der Waals surface area contributed by atoms with E-state index in [-0.39, 0.29) is 5.91 Å². The number of carbonyl (C=O) groups excluding carboxylic acids is 1. The van der Waals surface area contributed by atoms with Gasteiger partial charge in [-0.1, -0.05) is 0 Å². The van der Waals surface area contributed by atoms with Gasteiger partial charge in [-0.2, -0.15) is 22.1 Å². The highest BCUT2D eigenvalue weighted by molar-refractivity contribution is 7.86. The van der Waals surface area contributed by atoms with Crippen molar-refractivity contribution in [2.45, 2.75) is 19.3 Å². The van der Waals surface area contributed by atoms with Gasteiger partial charge >= 0.3 is 0 Å². The highest BCUT2D eigenvalue weighted by Crippen LogP contribution is 2.25. The summed E-state index contributed by atoms with van der Waals surface area (Å²) in [5.74, 6) is 0.332. The third-order valence-electron chi connectivity index (χ3n) is 5.28. The Kier molecular flexibility index (Phi) is 6.19. The molecule has 0 radical (unpaired) electrons. The molecule has 152 valence electrons. The average molecular weight is 400 g/mol. The Morgan fingerprint density at radius 3 is 2.44 bits per heavy atom. The molecule has 0 aromatic carbocycles. The topological polar surface area (TPSA) is 88.0 Å². The van der Waals surface area contributed by atoms with E-state index in [4.69, 9.17) is 4.74 Å². The van der Waals surface area contributed by atoms with Gasteiger partial charge in [-0.3, -0.25) is 9.48 Å². The smallest absolute Gasteiger partial charge is 0.281 e. The lowest BCUT2D eigenvalue weighted by Crippen LogP contribution is -2.44. The molecular weight excluding hydrogens is 370 g/mol. The molecule has 27 heavy (non-hydrogen) atoms. The third-order valence-corrected chi connectivity index (χ3v) is 7.22. The van der Waals surface area contributed by atoms with Gasteiger partial charge in [-0.25, -0.2) is 0 Å². The number of piperidine rings is 1. The summed E-state index contributed by atoms with van der Waals surface area (Å²) in [6.45, 7) is 3.36. The molecule has 2 aliphatic heterocycles. The van der Waals surface area contributed by atoms with Crippen LogP contribution in [0.3, 0.4) is 0 Å². The number of morpholine rings is 1. The molecule has 9 nitrogen and oxygen atoms in total. The highest BCUT2D eigenvalue weighted by Gasteiger charge is 2.31. The Hall–Kier alpha value is -1.49. The number of amides is 1. The standard InChI is InChI=1S/C17H29N5O4S/c1-19(2)27(24,25)22-6-4-14(5-7-22)12-16-15(13-20(3)18-16)17(23)21-8-10-26-11-9-21/h13-14H,4-12H2,1-3H3. The molecule has 0 atom stereocenters. The molecule has 1 amide bonds. The first-order chi connectivity index (χ1) is 12.8. The van der Waals surface area contributed by atoms with E-state index in [1.807, 2.05) is 11.9 Å². The van der Waals surface area contributed by atoms with Crippen molar-refractivity contribution >= 4 is 16.1 Å². The second kappa shape index (κ2) is 8.26. The zero-order chi connectivity index (χ0) is 19.6. The van der Waals surface area contributed by atoms with Crippen molar-refractivity contribution in [3.63, 3.8) is 0 Å². The van der Waals surface area contributed by atoms with Gasteiger partial charge in [-0.05, 0) is 25.2 Å². The molecule has 10 heteroatoms. The van der Waals surface area contributed by atoms with Crippen LogP contribution in [0.15, 0.2) is 6.20 Å². The van der Waals surface area contributed by atoms with Crippen molar-refractivity contribution in [2.24, 2.45) is 13.0 Å². The first-order valence-corrected chi connectivity index (χ1v) is 10.8. The highest BCUT2D eigenvalue weighted by atomic mass is 32.2. The second-order valence-corrected chi connectivity index (χ2v) is 9.55. The van der Waals surface area contributed by atoms with E-state index in [9.17, 15) is 13.2 Å². The van der Waals surface area contributed by atoms with Gasteiger partial charge in [0.2, 0.25) is 0 Å². The summed E-state index contributed by atoms with van der Waals surface area (Å²) >= 11 is 0. The predicted molar refractivity (Wildman–Crippen MR) is 101 cm³/mol. The van der Waals surface area contributed by atoms with Crippen LogP contribution in [-0.4, -0.2) is 91.1 Å². The molecule has 2 aliphatic rings. The molecule has 1 aromatic heterocycles. The molecule has 3 heterocycles. The number of nitrogens with zero attached hydrogens (tertiary/aromatic N) is 5. The summed E-state index contributed by atoms with van der Waals surface area (Å²) in [6, 6.07) is 0. The molecular formula is C17H29N5O4S. The van der Waals surface area contributed by atoms with Crippen LogP contribution < -0.4 is 0 Å². The predicted octanol–water partition coefficient (Wildman–Crippen LogP) is -0.0466. The van der Waals surface area contributed by atoms with Gasteiger partial charge in [-0.15, -0.1) is 0 Å². The van der Waals surface area contributed by atoms with Crippen LogP contribution in [0.1, 0.15) is 28.9 Å². The van der Waals surface area contributed by atoms with Crippen LogP contribution in [0.4, 0.5) is 0 Å². The zero-order valence-corrected chi connectivity index (χ0v) is 17.1. The Morgan fingerprint density at radius 1 is 1.22 bits per heavy atom. The average Bonchev–Trinajstić information content (AvgIpc) is 3.02. The van der Waals surface area contributed by atoms with Gasteiger partial charge in [0.05, 0.1) is 24.5 Å². The van der Waals surface area contributed by atoms with Gasteiger partial charge in [0, 0.05) is 53.5 Å². The summed E-state index contributed by atoms with van der Waals surface area (Å²) in [4.78, 5) is 14.7. The van der Waals surface area contributed by atoms with Crippen LogP contribution in [-0.2, 0) is 28.4 Å². The lowest BCUT2D eigenvalue weighted by molar-refractivity contribution is 0.0302. The van der Waals surface area contributed by atoms with E-state index in [1.165, 1.54) is 8.61 Å². The van der Waals surface area contributed by atoms with E-state index in [2.05, 4.69) is 5.10 Å². The lowest BCUT2D eigenvalue weighted by atomic mass is 9.92. The summed E-state index contributed by atoms with van der Waals surface area (Å²) in [6.07, 6.45) is 4.03.